The molecule has 0 radical (unpaired) electrons. The summed E-state index contributed by atoms with van der Waals surface area (Å²) in [5.74, 6) is 0. The molecule has 0 fully saturated rings. The Bertz CT molecular complexity index is 703. The fraction of sp³-hybridized carbons (Fsp3) is 0.250. The van der Waals surface area contributed by atoms with Crippen LogP contribution in [-0.4, -0.2) is 20.5 Å². The van der Waals surface area contributed by atoms with Crippen LogP contribution in [0.1, 0.15) is 11.3 Å². The molecule has 4 nitrogen and oxygen atoms in total. The monoisotopic (exact) mass is 396 g/mol. The Kier molecular flexibility index (Phi) is 4.92. The molecule has 1 aromatic carbocycles. The molecule has 0 spiro atoms. The van der Waals surface area contributed by atoms with Crippen molar-refractivity contribution in [3.63, 3.8) is 0 Å². The molecule has 0 aliphatic heterocycles. The van der Waals surface area contributed by atoms with Crippen LogP contribution in [0.15, 0.2) is 16.6 Å². The van der Waals surface area contributed by atoms with Crippen LogP contribution in [0.2, 0.25) is 10.0 Å². The lowest BCUT2D eigenvalue weighted by Crippen LogP contribution is -2.09. The maximum atomic E-state index is 11.8. The van der Waals surface area contributed by atoms with E-state index in [9.17, 15) is 4.21 Å². The fourth-order valence-corrected chi connectivity index (χ4v) is 3.35. The molecule has 0 amide bonds. The Morgan fingerprint density at radius 2 is 1.95 bits per heavy atom. The average molecular weight is 398 g/mol. The molecule has 20 heavy (non-hydrogen) atoms. The van der Waals surface area contributed by atoms with Crippen molar-refractivity contribution in [3.05, 3.63) is 37.9 Å². The molecule has 0 aliphatic carbocycles. The SMILES string of the molecule is COS(=O)n1nc(-c2cc(C)c(Cl)cc2Cl)c(Br)c1C. The summed E-state index contributed by atoms with van der Waals surface area (Å²) in [7, 11) is 1.35. The molecule has 1 heterocycles. The first-order chi connectivity index (χ1) is 9.36. The lowest BCUT2D eigenvalue weighted by molar-refractivity contribution is 0.434. The fourth-order valence-electron chi connectivity index (χ4n) is 1.69. The van der Waals surface area contributed by atoms with E-state index in [-0.39, 0.29) is 0 Å². The Balaban J connectivity index is 2.65. The Labute approximate surface area is 137 Å². The van der Waals surface area contributed by atoms with E-state index >= 15 is 0 Å². The van der Waals surface area contributed by atoms with Gasteiger partial charge in [0.05, 0.1) is 22.3 Å². The molecule has 0 N–H and O–H groups in total. The zero-order valence-corrected chi connectivity index (χ0v) is 14.8. The zero-order valence-electron chi connectivity index (χ0n) is 10.9. The van der Waals surface area contributed by atoms with Gasteiger partial charge in [0.1, 0.15) is 5.69 Å². The van der Waals surface area contributed by atoms with E-state index in [1.165, 1.54) is 11.2 Å². The van der Waals surface area contributed by atoms with Crippen LogP contribution in [0.25, 0.3) is 11.3 Å². The predicted molar refractivity (Wildman–Crippen MR) is 85.4 cm³/mol. The number of halogens is 3. The van der Waals surface area contributed by atoms with Gasteiger partial charge in [-0.1, -0.05) is 23.2 Å². The van der Waals surface area contributed by atoms with Gasteiger partial charge in [0.2, 0.25) is 0 Å². The van der Waals surface area contributed by atoms with Crippen molar-refractivity contribution >= 4 is 50.4 Å². The van der Waals surface area contributed by atoms with Gasteiger partial charge in [-0.3, -0.25) is 4.18 Å². The van der Waals surface area contributed by atoms with Gasteiger partial charge in [0.15, 0.2) is 0 Å². The molecule has 0 saturated carbocycles. The Morgan fingerprint density at radius 3 is 2.55 bits per heavy atom. The van der Waals surface area contributed by atoms with Gasteiger partial charge in [-0.2, -0.15) is 9.19 Å². The number of hydrogen-bond acceptors (Lipinski definition) is 3. The summed E-state index contributed by atoms with van der Waals surface area (Å²) in [6.45, 7) is 3.67. The minimum Gasteiger partial charge on any atom is -0.276 e. The summed E-state index contributed by atoms with van der Waals surface area (Å²) in [5.41, 5.74) is 2.88. The Hall–Kier alpha value is -0.400. The lowest BCUT2D eigenvalue weighted by atomic mass is 10.1. The summed E-state index contributed by atoms with van der Waals surface area (Å²) in [5, 5.41) is 5.37. The summed E-state index contributed by atoms with van der Waals surface area (Å²) in [6, 6.07) is 3.51. The third kappa shape index (κ3) is 2.80. The minimum absolute atomic E-state index is 0.481. The predicted octanol–water partition coefficient (Wildman–Crippen LogP) is 4.31. The molecule has 2 aromatic rings. The lowest BCUT2D eigenvalue weighted by Gasteiger charge is -2.05. The van der Waals surface area contributed by atoms with Gasteiger partial charge in [-0.15, -0.1) is 0 Å². The van der Waals surface area contributed by atoms with Crippen molar-refractivity contribution in [1.82, 2.24) is 9.19 Å². The molecule has 2 rings (SSSR count). The van der Waals surface area contributed by atoms with Crippen molar-refractivity contribution < 1.29 is 8.39 Å². The standard InChI is InChI=1S/C12H11BrCl2N2O2S/c1-6-4-8(10(15)5-9(6)14)12-11(13)7(2)17(16-12)20(18)19-3/h4-5H,1-3H3. The normalized spacial score (nSPS) is 12.7. The van der Waals surface area contributed by atoms with E-state index in [4.69, 9.17) is 27.4 Å². The van der Waals surface area contributed by atoms with Gasteiger partial charge in [0.25, 0.3) is 11.3 Å². The maximum Gasteiger partial charge on any atom is 0.285 e. The van der Waals surface area contributed by atoms with E-state index in [0.29, 0.717) is 25.9 Å². The van der Waals surface area contributed by atoms with Crippen LogP contribution < -0.4 is 0 Å². The summed E-state index contributed by atoms with van der Waals surface area (Å²) in [6.07, 6.45) is 0. The van der Waals surface area contributed by atoms with Crippen molar-refractivity contribution in [2.24, 2.45) is 0 Å². The second-order valence-corrected chi connectivity index (χ2v) is 6.81. The number of rotatable bonds is 3. The topological polar surface area (TPSA) is 44.1 Å². The van der Waals surface area contributed by atoms with E-state index in [1.807, 2.05) is 13.0 Å². The van der Waals surface area contributed by atoms with Gasteiger partial charge in [0, 0.05) is 10.6 Å². The first kappa shape index (κ1) is 16.0. The number of benzene rings is 1. The van der Waals surface area contributed by atoms with Crippen LogP contribution in [0.5, 0.6) is 0 Å². The highest BCUT2D eigenvalue weighted by Gasteiger charge is 2.20. The average Bonchev–Trinajstić information content (AvgIpc) is 2.70. The van der Waals surface area contributed by atoms with Gasteiger partial charge < -0.3 is 0 Å². The van der Waals surface area contributed by atoms with Crippen molar-refractivity contribution in [2.75, 3.05) is 7.11 Å². The molecule has 1 atom stereocenters. The molecule has 0 saturated heterocycles. The van der Waals surface area contributed by atoms with Crippen LogP contribution in [-0.2, 0) is 15.4 Å². The van der Waals surface area contributed by atoms with Crippen molar-refractivity contribution in [2.45, 2.75) is 13.8 Å². The first-order valence-electron chi connectivity index (χ1n) is 5.54. The minimum atomic E-state index is -1.68. The van der Waals surface area contributed by atoms with Crippen LogP contribution >= 0.6 is 39.1 Å². The molecule has 0 bridgehead atoms. The Morgan fingerprint density at radius 1 is 1.30 bits per heavy atom. The quantitative estimate of drug-likeness (QED) is 0.774. The highest BCUT2D eigenvalue weighted by Crippen LogP contribution is 2.37. The molecule has 108 valence electrons. The molecular formula is C12H11BrCl2N2O2S. The second-order valence-electron chi connectivity index (χ2n) is 4.09. The van der Waals surface area contributed by atoms with E-state index in [2.05, 4.69) is 21.0 Å². The van der Waals surface area contributed by atoms with E-state index in [0.717, 1.165) is 11.1 Å². The molecule has 1 unspecified atom stereocenters. The molecule has 8 heteroatoms. The number of aryl methyl sites for hydroxylation is 1. The third-order valence-electron chi connectivity index (χ3n) is 2.79. The second kappa shape index (κ2) is 6.15. The smallest absolute Gasteiger partial charge is 0.276 e. The number of nitrogens with zero attached hydrogens (tertiary/aromatic N) is 2. The number of aromatic nitrogens is 2. The van der Waals surface area contributed by atoms with Gasteiger partial charge in [-0.05, 0) is 47.5 Å². The summed E-state index contributed by atoms with van der Waals surface area (Å²) in [4.78, 5) is 0. The summed E-state index contributed by atoms with van der Waals surface area (Å²) >= 11 is 14.0. The largest absolute Gasteiger partial charge is 0.285 e. The maximum absolute atomic E-state index is 11.8. The van der Waals surface area contributed by atoms with Crippen molar-refractivity contribution in [3.8, 4) is 11.3 Å². The first-order valence-corrected chi connectivity index (χ1v) is 8.12. The highest BCUT2D eigenvalue weighted by molar-refractivity contribution is 9.10. The molecule has 1 aromatic heterocycles. The van der Waals surface area contributed by atoms with Gasteiger partial charge in [-0.25, -0.2) is 4.21 Å². The number of hydrogen-bond donors (Lipinski definition) is 0. The van der Waals surface area contributed by atoms with Crippen molar-refractivity contribution in [1.29, 1.82) is 0 Å². The zero-order chi connectivity index (χ0) is 15.0. The van der Waals surface area contributed by atoms with Crippen LogP contribution in [0.3, 0.4) is 0 Å². The molecular weight excluding hydrogens is 387 g/mol. The van der Waals surface area contributed by atoms with Gasteiger partial charge >= 0.3 is 0 Å². The molecule has 0 aliphatic rings. The highest BCUT2D eigenvalue weighted by atomic mass is 79.9. The third-order valence-corrected chi connectivity index (χ3v) is 5.38. The summed E-state index contributed by atoms with van der Waals surface area (Å²) < 4.78 is 18.5. The van der Waals surface area contributed by atoms with E-state index < -0.39 is 11.3 Å². The van der Waals surface area contributed by atoms with Crippen LogP contribution in [0, 0.1) is 13.8 Å². The van der Waals surface area contributed by atoms with Crippen LogP contribution in [0.4, 0.5) is 0 Å². The van der Waals surface area contributed by atoms with E-state index in [1.54, 1.807) is 13.0 Å².